The fourth-order valence-corrected chi connectivity index (χ4v) is 5.53. The van der Waals surface area contributed by atoms with Crippen LogP contribution in [0.3, 0.4) is 0 Å². The predicted octanol–water partition coefficient (Wildman–Crippen LogP) is 3.38. The first-order chi connectivity index (χ1) is 15.2. The molecule has 0 radical (unpaired) electrons. The van der Waals surface area contributed by atoms with E-state index in [2.05, 4.69) is 37.3 Å². The number of nitrogens with two attached hydrogens (primary N) is 1. The molecule has 0 saturated heterocycles. The molecular formula is C20H25IN6O3S2. The number of fused-ring (bicyclic) bond motifs is 2. The van der Waals surface area contributed by atoms with E-state index in [1.54, 1.807) is 0 Å². The Labute approximate surface area is 207 Å². The molecule has 1 aliphatic heterocycles. The molecule has 0 fully saturated rings. The molecule has 3 aromatic rings. The van der Waals surface area contributed by atoms with Crippen LogP contribution < -0.4 is 19.9 Å². The zero-order valence-corrected chi connectivity index (χ0v) is 21.8. The summed E-state index contributed by atoms with van der Waals surface area (Å²) < 4.78 is 29.6. The van der Waals surface area contributed by atoms with Gasteiger partial charge in [-0.3, -0.25) is 0 Å². The Morgan fingerprint density at radius 2 is 1.97 bits per heavy atom. The minimum Gasteiger partial charge on any atom is -0.598 e. The molecule has 172 valence electrons. The molecule has 4 rings (SSSR count). The number of nitrogens with zero attached hydrogens (tertiary/aromatic N) is 4. The molecule has 3 heterocycles. The molecule has 1 aliphatic rings. The van der Waals surface area contributed by atoms with Crippen LogP contribution in [0.5, 0.6) is 11.5 Å². The quantitative estimate of drug-likeness (QED) is 0.243. The molecule has 3 N–H and O–H groups in total. The van der Waals surface area contributed by atoms with Gasteiger partial charge in [-0.25, -0.2) is 15.0 Å². The van der Waals surface area contributed by atoms with Crippen molar-refractivity contribution in [2.45, 2.75) is 48.5 Å². The normalized spacial score (nSPS) is 14.7. The summed E-state index contributed by atoms with van der Waals surface area (Å²) in [5, 5.41) is 0.763. The van der Waals surface area contributed by atoms with Gasteiger partial charge < -0.3 is 24.3 Å². The molecule has 0 amide bonds. The summed E-state index contributed by atoms with van der Waals surface area (Å²) in [6.07, 6.45) is 2.20. The number of anilines is 1. The van der Waals surface area contributed by atoms with Gasteiger partial charge in [-0.2, -0.15) is 0 Å². The van der Waals surface area contributed by atoms with Crippen molar-refractivity contribution in [3.8, 4) is 11.5 Å². The number of nitrogens with one attached hydrogen (secondary N) is 1. The molecule has 0 spiro atoms. The lowest BCUT2D eigenvalue weighted by Gasteiger charge is -2.23. The summed E-state index contributed by atoms with van der Waals surface area (Å²) in [5.74, 6) is 1.83. The maximum atomic E-state index is 12.3. The van der Waals surface area contributed by atoms with Crippen molar-refractivity contribution in [2.75, 3.05) is 25.5 Å². The van der Waals surface area contributed by atoms with Gasteiger partial charge in [-0.1, -0.05) is 11.8 Å². The molecule has 0 bridgehead atoms. The van der Waals surface area contributed by atoms with Crippen LogP contribution in [0, 0.1) is 3.57 Å². The maximum Gasteiger partial charge on any atom is 0.175 e. The standard InChI is InChI=1S/C20H25IN6O3S2/c1-20(2,3)32(28)25-5-4-6-27-18-16(17(22)23-11-24-18)26-19(27)31-15-10-14-13(9-12(15)21)29-7-8-30-14/h9-11,25H,4-8H2,1-3H3,(H2,22,23,24). The van der Waals surface area contributed by atoms with Crippen LogP contribution in [-0.2, 0) is 17.9 Å². The summed E-state index contributed by atoms with van der Waals surface area (Å²) in [6, 6.07) is 3.96. The zero-order chi connectivity index (χ0) is 22.9. The lowest BCUT2D eigenvalue weighted by Crippen LogP contribution is -2.39. The molecule has 1 aromatic carbocycles. The number of aryl methyl sites for hydroxylation is 1. The molecule has 0 aliphatic carbocycles. The van der Waals surface area contributed by atoms with Gasteiger partial charge >= 0.3 is 0 Å². The molecule has 12 heteroatoms. The average Bonchev–Trinajstić information content (AvgIpc) is 3.09. The van der Waals surface area contributed by atoms with E-state index in [0.29, 0.717) is 43.3 Å². The van der Waals surface area contributed by atoms with Crippen molar-refractivity contribution in [1.82, 2.24) is 24.2 Å². The molecule has 32 heavy (non-hydrogen) atoms. The highest BCUT2D eigenvalue weighted by Crippen LogP contribution is 2.40. The zero-order valence-electron chi connectivity index (χ0n) is 18.1. The first-order valence-electron chi connectivity index (χ1n) is 10.1. The number of benzene rings is 1. The molecule has 2 aromatic heterocycles. The van der Waals surface area contributed by atoms with E-state index in [1.807, 2.05) is 37.5 Å². The minimum absolute atomic E-state index is 0.306. The highest BCUT2D eigenvalue weighted by Gasteiger charge is 2.26. The van der Waals surface area contributed by atoms with E-state index in [1.165, 1.54) is 18.1 Å². The fourth-order valence-electron chi connectivity index (χ4n) is 3.05. The highest BCUT2D eigenvalue weighted by atomic mass is 127. The van der Waals surface area contributed by atoms with Crippen LogP contribution in [0.25, 0.3) is 11.2 Å². The van der Waals surface area contributed by atoms with Crippen LogP contribution in [0.15, 0.2) is 28.5 Å². The molecular weight excluding hydrogens is 563 g/mol. The van der Waals surface area contributed by atoms with Crippen molar-refractivity contribution in [3.63, 3.8) is 0 Å². The number of aromatic nitrogens is 4. The number of ether oxygens (including phenoxy) is 2. The van der Waals surface area contributed by atoms with Crippen LogP contribution in [-0.4, -0.2) is 48.6 Å². The van der Waals surface area contributed by atoms with Gasteiger partial charge in [0.15, 0.2) is 33.6 Å². The Balaban J connectivity index is 1.58. The lowest BCUT2D eigenvalue weighted by molar-refractivity contribution is 0.171. The fraction of sp³-hybridized carbons (Fsp3) is 0.450. The van der Waals surface area contributed by atoms with E-state index in [4.69, 9.17) is 20.2 Å². The number of nitrogen functional groups attached to an aromatic ring is 1. The Morgan fingerprint density at radius 1 is 1.25 bits per heavy atom. The van der Waals surface area contributed by atoms with Crippen molar-refractivity contribution >= 4 is 62.7 Å². The summed E-state index contributed by atoms with van der Waals surface area (Å²) in [5.41, 5.74) is 7.33. The topological polar surface area (TPSA) is 123 Å². The average molecular weight is 588 g/mol. The van der Waals surface area contributed by atoms with E-state index < -0.39 is 11.4 Å². The van der Waals surface area contributed by atoms with Crippen molar-refractivity contribution < 1.29 is 14.0 Å². The van der Waals surface area contributed by atoms with Crippen molar-refractivity contribution in [3.05, 3.63) is 22.0 Å². The maximum absolute atomic E-state index is 12.3. The van der Waals surface area contributed by atoms with E-state index in [-0.39, 0.29) is 4.75 Å². The smallest absolute Gasteiger partial charge is 0.175 e. The van der Waals surface area contributed by atoms with Gasteiger partial charge in [-0.15, -0.1) is 4.72 Å². The second-order valence-corrected chi connectivity index (χ2v) is 12.4. The van der Waals surface area contributed by atoms with Crippen molar-refractivity contribution in [2.24, 2.45) is 0 Å². The van der Waals surface area contributed by atoms with E-state index in [9.17, 15) is 4.55 Å². The first-order valence-corrected chi connectivity index (χ1v) is 13.2. The Hall–Kier alpha value is -1.48. The van der Waals surface area contributed by atoms with Gasteiger partial charge in [0.05, 0.1) is 0 Å². The summed E-state index contributed by atoms with van der Waals surface area (Å²) >= 11 is 2.70. The van der Waals surface area contributed by atoms with Crippen LogP contribution in [0.2, 0.25) is 0 Å². The van der Waals surface area contributed by atoms with Gasteiger partial charge in [0, 0.05) is 32.9 Å². The monoisotopic (exact) mass is 588 g/mol. The minimum atomic E-state index is -1.11. The largest absolute Gasteiger partial charge is 0.598 e. The van der Waals surface area contributed by atoms with Crippen molar-refractivity contribution in [1.29, 1.82) is 0 Å². The summed E-state index contributed by atoms with van der Waals surface area (Å²) in [4.78, 5) is 14.2. The molecule has 1 unspecified atom stereocenters. The Kier molecular flexibility index (Phi) is 7.24. The number of hydrogen-bond donors (Lipinski definition) is 2. The molecule has 0 saturated carbocycles. The molecule has 1 atom stereocenters. The van der Waals surface area contributed by atoms with Gasteiger partial charge in [0.25, 0.3) is 0 Å². The van der Waals surface area contributed by atoms with Gasteiger partial charge in [0.1, 0.15) is 24.3 Å². The number of imidazole rings is 1. The third-order valence-corrected chi connectivity index (χ3v) is 8.56. The van der Waals surface area contributed by atoms with E-state index in [0.717, 1.165) is 31.5 Å². The van der Waals surface area contributed by atoms with Gasteiger partial charge in [0.2, 0.25) is 0 Å². The highest BCUT2D eigenvalue weighted by molar-refractivity contribution is 14.1. The van der Waals surface area contributed by atoms with Gasteiger partial charge in [-0.05, 0) is 61.9 Å². The van der Waals surface area contributed by atoms with Crippen LogP contribution in [0.4, 0.5) is 5.82 Å². The second-order valence-electron chi connectivity index (χ2n) is 8.13. The SMILES string of the molecule is CC(C)(C)[S+]([O-])NCCCn1c(Sc2cc3c(cc2I)OCCO3)nc2c(N)ncnc21. The number of halogens is 1. The number of rotatable bonds is 7. The third kappa shape index (κ3) is 5.19. The predicted molar refractivity (Wildman–Crippen MR) is 135 cm³/mol. The first kappa shape index (κ1) is 23.7. The van der Waals surface area contributed by atoms with E-state index >= 15 is 0 Å². The second kappa shape index (κ2) is 9.79. The Bertz CT molecular complexity index is 1120. The third-order valence-electron chi connectivity index (χ3n) is 4.67. The Morgan fingerprint density at radius 3 is 2.69 bits per heavy atom. The summed E-state index contributed by atoms with van der Waals surface area (Å²) in [7, 11) is 0. The number of hydrogen-bond acceptors (Lipinski definition) is 9. The summed E-state index contributed by atoms with van der Waals surface area (Å²) in [6.45, 7) is 8.18. The van der Waals surface area contributed by atoms with Crippen LogP contribution in [0.1, 0.15) is 27.2 Å². The molecule has 9 nitrogen and oxygen atoms in total. The lowest BCUT2D eigenvalue weighted by atomic mass is 10.3. The van der Waals surface area contributed by atoms with Crippen LogP contribution >= 0.6 is 34.4 Å².